The van der Waals surface area contributed by atoms with E-state index in [4.69, 9.17) is 11.6 Å². The van der Waals surface area contributed by atoms with Crippen LogP contribution in [0.4, 0.5) is 5.69 Å². The quantitative estimate of drug-likeness (QED) is 0.676. The minimum absolute atomic E-state index is 0.137. The number of carbonyl (C=O) groups is 1. The molecular formula is C23H24ClN3O2. The van der Waals surface area contributed by atoms with E-state index in [9.17, 15) is 9.59 Å². The van der Waals surface area contributed by atoms with Crippen LogP contribution < -0.4 is 10.9 Å². The average molecular weight is 410 g/mol. The largest absolute Gasteiger partial charge is 0.324 e. The Kier molecular flexibility index (Phi) is 5.89. The van der Waals surface area contributed by atoms with Crippen molar-refractivity contribution in [2.45, 2.75) is 41.2 Å². The van der Waals surface area contributed by atoms with Gasteiger partial charge in [-0.3, -0.25) is 14.2 Å². The molecule has 0 bridgehead atoms. The van der Waals surface area contributed by atoms with Crippen molar-refractivity contribution < 1.29 is 4.79 Å². The maximum absolute atomic E-state index is 12.9. The van der Waals surface area contributed by atoms with Gasteiger partial charge in [0.1, 0.15) is 12.4 Å². The Labute approximate surface area is 175 Å². The third-order valence-corrected chi connectivity index (χ3v) is 5.20. The van der Waals surface area contributed by atoms with Gasteiger partial charge in [0, 0.05) is 27.5 Å². The van der Waals surface area contributed by atoms with Crippen molar-refractivity contribution in [2.75, 3.05) is 5.32 Å². The molecule has 0 fully saturated rings. The summed E-state index contributed by atoms with van der Waals surface area (Å²) in [5.41, 5.74) is 5.48. The molecule has 5 nitrogen and oxygen atoms in total. The van der Waals surface area contributed by atoms with Gasteiger partial charge in [0.05, 0.1) is 0 Å². The minimum Gasteiger partial charge on any atom is -0.324 e. The van der Waals surface area contributed by atoms with Crippen molar-refractivity contribution in [3.63, 3.8) is 0 Å². The molecule has 1 aromatic heterocycles. The van der Waals surface area contributed by atoms with Gasteiger partial charge in [-0.2, -0.15) is 0 Å². The summed E-state index contributed by atoms with van der Waals surface area (Å²) in [5.74, 6) is 0.142. The summed E-state index contributed by atoms with van der Waals surface area (Å²) in [6.07, 6.45) is 0. The first kappa shape index (κ1) is 20.8. The lowest BCUT2D eigenvalue weighted by Gasteiger charge is -2.16. The summed E-state index contributed by atoms with van der Waals surface area (Å²) in [5, 5.41) is 3.49. The first-order valence-corrected chi connectivity index (χ1v) is 9.77. The van der Waals surface area contributed by atoms with Crippen LogP contribution in [0.1, 0.15) is 27.9 Å². The van der Waals surface area contributed by atoms with Crippen LogP contribution in [-0.4, -0.2) is 15.5 Å². The van der Waals surface area contributed by atoms with Crippen LogP contribution in [0, 0.1) is 34.6 Å². The predicted molar refractivity (Wildman–Crippen MR) is 118 cm³/mol. The second kappa shape index (κ2) is 8.21. The molecule has 3 aromatic rings. The number of amides is 1. The Morgan fingerprint density at radius 2 is 1.72 bits per heavy atom. The Morgan fingerprint density at radius 3 is 2.34 bits per heavy atom. The van der Waals surface area contributed by atoms with Crippen LogP contribution in [0.25, 0.3) is 11.4 Å². The van der Waals surface area contributed by atoms with Gasteiger partial charge < -0.3 is 5.32 Å². The molecule has 0 spiro atoms. The fourth-order valence-electron chi connectivity index (χ4n) is 3.45. The highest BCUT2D eigenvalue weighted by Crippen LogP contribution is 2.23. The van der Waals surface area contributed by atoms with Crippen LogP contribution in [0.3, 0.4) is 0 Å². The van der Waals surface area contributed by atoms with Gasteiger partial charge in [-0.25, -0.2) is 4.98 Å². The molecule has 29 heavy (non-hydrogen) atoms. The highest BCUT2D eigenvalue weighted by atomic mass is 35.5. The SMILES string of the molecule is Cc1cc(C)c(NC(=O)Cn2c(-c3cccc(Cl)c3)nc(C)c(C)c2=O)c(C)c1. The molecule has 0 aliphatic carbocycles. The number of carbonyl (C=O) groups excluding carboxylic acids is 1. The van der Waals surface area contributed by atoms with Crippen LogP contribution in [0.5, 0.6) is 0 Å². The Balaban J connectivity index is 2.02. The zero-order valence-electron chi connectivity index (χ0n) is 17.3. The lowest BCUT2D eigenvalue weighted by molar-refractivity contribution is -0.116. The smallest absolute Gasteiger partial charge is 0.257 e. The Bertz CT molecular complexity index is 1140. The van der Waals surface area contributed by atoms with Gasteiger partial charge in [0.15, 0.2) is 0 Å². The van der Waals surface area contributed by atoms with Gasteiger partial charge in [-0.1, -0.05) is 41.4 Å². The third-order valence-electron chi connectivity index (χ3n) is 4.96. The average Bonchev–Trinajstić information content (AvgIpc) is 2.65. The van der Waals surface area contributed by atoms with E-state index in [1.165, 1.54) is 4.57 Å². The number of hydrogen-bond acceptors (Lipinski definition) is 3. The second-order valence-corrected chi connectivity index (χ2v) is 7.81. The number of benzene rings is 2. The summed E-state index contributed by atoms with van der Waals surface area (Å²) in [7, 11) is 0. The maximum Gasteiger partial charge on any atom is 0.257 e. The summed E-state index contributed by atoms with van der Waals surface area (Å²) < 4.78 is 1.40. The molecule has 1 amide bonds. The highest BCUT2D eigenvalue weighted by molar-refractivity contribution is 6.30. The first-order valence-electron chi connectivity index (χ1n) is 9.39. The number of hydrogen-bond donors (Lipinski definition) is 1. The number of aryl methyl sites for hydroxylation is 4. The predicted octanol–water partition coefficient (Wildman–Crippen LogP) is 4.74. The fourth-order valence-corrected chi connectivity index (χ4v) is 3.64. The molecule has 0 radical (unpaired) electrons. The van der Waals surface area contributed by atoms with E-state index < -0.39 is 0 Å². The Hall–Kier alpha value is -2.92. The normalized spacial score (nSPS) is 10.8. The van der Waals surface area contributed by atoms with Crippen molar-refractivity contribution in [3.8, 4) is 11.4 Å². The lowest BCUT2D eigenvalue weighted by Crippen LogP contribution is -2.32. The topological polar surface area (TPSA) is 64.0 Å². The summed E-state index contributed by atoms with van der Waals surface area (Å²) in [6.45, 7) is 9.29. The molecule has 6 heteroatoms. The number of halogens is 1. The zero-order valence-corrected chi connectivity index (χ0v) is 18.0. The van der Waals surface area contributed by atoms with E-state index in [-0.39, 0.29) is 18.0 Å². The van der Waals surface area contributed by atoms with Crippen molar-refractivity contribution in [1.29, 1.82) is 0 Å². The fraction of sp³-hybridized carbons (Fsp3) is 0.261. The molecule has 0 atom stereocenters. The lowest BCUT2D eigenvalue weighted by atomic mass is 10.1. The molecule has 0 unspecified atom stereocenters. The molecule has 1 N–H and O–H groups in total. The monoisotopic (exact) mass is 409 g/mol. The van der Waals surface area contributed by atoms with Crippen molar-refractivity contribution in [1.82, 2.24) is 9.55 Å². The molecule has 0 aliphatic heterocycles. The van der Waals surface area contributed by atoms with Crippen LogP contribution in [-0.2, 0) is 11.3 Å². The molecule has 2 aromatic carbocycles. The maximum atomic E-state index is 12.9. The van der Waals surface area contributed by atoms with E-state index >= 15 is 0 Å². The van der Waals surface area contributed by atoms with E-state index in [1.54, 1.807) is 32.0 Å². The number of nitrogens with zero attached hydrogens (tertiary/aromatic N) is 2. The number of aromatic nitrogens is 2. The minimum atomic E-state index is -0.282. The summed E-state index contributed by atoms with van der Waals surface area (Å²) >= 11 is 6.12. The molecule has 150 valence electrons. The molecular weight excluding hydrogens is 386 g/mol. The molecule has 1 heterocycles. The number of rotatable bonds is 4. The van der Waals surface area contributed by atoms with Crippen LogP contribution >= 0.6 is 11.6 Å². The summed E-state index contributed by atoms with van der Waals surface area (Å²) in [4.78, 5) is 30.4. The van der Waals surface area contributed by atoms with Crippen molar-refractivity contribution >= 4 is 23.2 Å². The molecule has 0 saturated carbocycles. The van der Waals surface area contributed by atoms with Crippen molar-refractivity contribution in [3.05, 3.63) is 79.7 Å². The first-order chi connectivity index (χ1) is 13.7. The highest BCUT2D eigenvalue weighted by Gasteiger charge is 2.17. The second-order valence-electron chi connectivity index (χ2n) is 7.37. The van der Waals surface area contributed by atoms with Crippen LogP contribution in [0.15, 0.2) is 41.2 Å². The van der Waals surface area contributed by atoms with E-state index in [1.807, 2.05) is 39.0 Å². The molecule has 0 aliphatic rings. The van der Waals surface area contributed by atoms with E-state index in [0.717, 1.165) is 22.4 Å². The number of nitrogens with one attached hydrogen (secondary N) is 1. The van der Waals surface area contributed by atoms with Gasteiger partial charge in [-0.15, -0.1) is 0 Å². The standard InChI is InChI=1S/C23H24ClN3O2/c1-13-9-14(2)21(15(3)10-13)26-20(28)12-27-22(18-7-6-8-19(24)11-18)25-17(5)16(4)23(27)29/h6-11H,12H2,1-5H3,(H,26,28). The number of anilines is 1. The van der Waals surface area contributed by atoms with Gasteiger partial charge in [0.25, 0.3) is 5.56 Å². The van der Waals surface area contributed by atoms with Crippen molar-refractivity contribution in [2.24, 2.45) is 0 Å². The Morgan fingerprint density at radius 1 is 1.07 bits per heavy atom. The van der Waals surface area contributed by atoms with Gasteiger partial charge >= 0.3 is 0 Å². The molecule has 3 rings (SSSR count). The zero-order chi connectivity index (χ0) is 21.3. The van der Waals surface area contributed by atoms with Crippen LogP contribution in [0.2, 0.25) is 5.02 Å². The third kappa shape index (κ3) is 4.40. The summed E-state index contributed by atoms with van der Waals surface area (Å²) in [6, 6.07) is 11.1. The van der Waals surface area contributed by atoms with E-state index in [0.29, 0.717) is 27.7 Å². The molecule has 0 saturated heterocycles. The van der Waals surface area contributed by atoms with E-state index in [2.05, 4.69) is 10.3 Å². The van der Waals surface area contributed by atoms with Gasteiger partial charge in [0.2, 0.25) is 5.91 Å². The van der Waals surface area contributed by atoms with Gasteiger partial charge in [-0.05, 0) is 57.9 Å².